The molecule has 2 aromatic carbocycles. The first kappa shape index (κ1) is 25.9. The molecule has 0 saturated heterocycles. The SMILES string of the molecule is Cc1cc(S(=O)(=O)N[C@@H](C)CC(=O)N[C@@H]2CCOc3cc(CNC4CCC4)ccc32)c(C)cc1Cl. The van der Waals surface area contributed by atoms with Crippen LogP contribution in [0.4, 0.5) is 0 Å². The van der Waals surface area contributed by atoms with E-state index in [9.17, 15) is 13.2 Å². The first-order chi connectivity index (χ1) is 16.6. The average Bonchev–Trinajstić information content (AvgIpc) is 2.74. The maximum atomic E-state index is 12.9. The van der Waals surface area contributed by atoms with E-state index in [1.54, 1.807) is 32.9 Å². The molecule has 2 aromatic rings. The lowest BCUT2D eigenvalue weighted by molar-refractivity contribution is -0.122. The van der Waals surface area contributed by atoms with Gasteiger partial charge in [-0.05, 0) is 68.5 Å². The van der Waals surface area contributed by atoms with Crippen molar-refractivity contribution in [2.24, 2.45) is 0 Å². The highest BCUT2D eigenvalue weighted by Crippen LogP contribution is 2.33. The molecule has 2 aliphatic rings. The molecule has 3 N–H and O–H groups in total. The summed E-state index contributed by atoms with van der Waals surface area (Å²) >= 11 is 6.10. The number of ether oxygens (including phenoxy) is 1. The monoisotopic (exact) mass is 519 g/mol. The highest BCUT2D eigenvalue weighted by molar-refractivity contribution is 7.89. The minimum Gasteiger partial charge on any atom is -0.493 e. The fourth-order valence-corrected chi connectivity index (χ4v) is 6.29. The Morgan fingerprint density at radius 3 is 2.63 bits per heavy atom. The zero-order valence-corrected chi connectivity index (χ0v) is 22.1. The molecule has 1 aliphatic carbocycles. The Kier molecular flexibility index (Phi) is 8.06. The van der Waals surface area contributed by atoms with Gasteiger partial charge in [-0.1, -0.05) is 30.2 Å². The van der Waals surface area contributed by atoms with Gasteiger partial charge >= 0.3 is 0 Å². The molecule has 2 atom stereocenters. The number of fused-ring (bicyclic) bond motifs is 1. The van der Waals surface area contributed by atoms with E-state index in [1.807, 2.05) is 12.1 Å². The van der Waals surface area contributed by atoms with Crippen molar-refractivity contribution < 1.29 is 17.9 Å². The molecule has 0 unspecified atom stereocenters. The van der Waals surface area contributed by atoms with Crippen LogP contribution in [0.5, 0.6) is 5.75 Å². The number of aryl methyl sites for hydroxylation is 2. The topological polar surface area (TPSA) is 96.5 Å². The molecule has 1 heterocycles. The summed E-state index contributed by atoms with van der Waals surface area (Å²) in [6.45, 7) is 6.48. The molecule has 4 rings (SSSR count). The molecule has 0 bridgehead atoms. The van der Waals surface area contributed by atoms with Crippen LogP contribution in [0.1, 0.15) is 67.3 Å². The molecule has 9 heteroatoms. The Hall–Kier alpha value is -2.13. The summed E-state index contributed by atoms with van der Waals surface area (Å²) < 4.78 is 34.3. The van der Waals surface area contributed by atoms with Crippen LogP contribution < -0.4 is 20.1 Å². The highest BCUT2D eigenvalue weighted by atomic mass is 35.5. The van der Waals surface area contributed by atoms with Crippen LogP contribution in [-0.4, -0.2) is 33.0 Å². The van der Waals surface area contributed by atoms with E-state index in [0.717, 1.165) is 17.9 Å². The van der Waals surface area contributed by atoms with E-state index in [-0.39, 0.29) is 23.3 Å². The third-order valence-electron chi connectivity index (χ3n) is 6.75. The van der Waals surface area contributed by atoms with E-state index in [4.69, 9.17) is 16.3 Å². The van der Waals surface area contributed by atoms with Crippen LogP contribution in [0, 0.1) is 13.8 Å². The summed E-state index contributed by atoms with van der Waals surface area (Å²) in [4.78, 5) is 13.0. The van der Waals surface area contributed by atoms with Crippen molar-refractivity contribution in [2.45, 2.75) is 82.4 Å². The number of amides is 1. The van der Waals surface area contributed by atoms with Crippen molar-refractivity contribution in [1.82, 2.24) is 15.4 Å². The highest BCUT2D eigenvalue weighted by Gasteiger charge is 2.26. The van der Waals surface area contributed by atoms with Crippen molar-refractivity contribution in [3.63, 3.8) is 0 Å². The van der Waals surface area contributed by atoms with E-state index < -0.39 is 16.1 Å². The Morgan fingerprint density at radius 1 is 1.14 bits per heavy atom. The van der Waals surface area contributed by atoms with Crippen LogP contribution in [0.3, 0.4) is 0 Å². The Bertz CT molecular complexity index is 1200. The Balaban J connectivity index is 1.35. The number of halogens is 1. The predicted octanol–water partition coefficient (Wildman–Crippen LogP) is 4.30. The molecular weight excluding hydrogens is 486 g/mol. The van der Waals surface area contributed by atoms with Gasteiger partial charge in [-0.2, -0.15) is 0 Å². The summed E-state index contributed by atoms with van der Waals surface area (Å²) in [6.07, 6.45) is 4.47. The molecule has 0 radical (unpaired) electrons. The minimum atomic E-state index is -3.79. The molecule has 35 heavy (non-hydrogen) atoms. The number of carbonyl (C=O) groups excluding carboxylic acids is 1. The molecule has 1 aliphatic heterocycles. The van der Waals surface area contributed by atoms with Gasteiger partial charge in [-0.15, -0.1) is 0 Å². The lowest BCUT2D eigenvalue weighted by Gasteiger charge is -2.29. The zero-order chi connectivity index (χ0) is 25.2. The standard InChI is InChI=1S/C26H34ClN3O4S/c1-16-12-25(17(2)11-22(16)27)35(32,33)30-18(3)13-26(31)29-23-9-10-34-24-14-19(7-8-21(23)24)15-28-20-5-4-6-20/h7-8,11-12,14,18,20,23,28,30H,4-6,9-10,13,15H2,1-3H3,(H,29,31)/t18-,23+/m0/s1. The minimum absolute atomic E-state index is 0.0287. The molecule has 1 amide bonds. The smallest absolute Gasteiger partial charge is 0.241 e. The van der Waals surface area contributed by atoms with Gasteiger partial charge in [-0.3, -0.25) is 4.79 Å². The third kappa shape index (κ3) is 6.36. The Labute approximate surface area is 213 Å². The maximum Gasteiger partial charge on any atom is 0.241 e. The molecule has 190 valence electrons. The van der Waals surface area contributed by atoms with Crippen molar-refractivity contribution in [2.75, 3.05) is 6.61 Å². The van der Waals surface area contributed by atoms with E-state index >= 15 is 0 Å². The number of hydrogen-bond acceptors (Lipinski definition) is 5. The lowest BCUT2D eigenvalue weighted by Crippen LogP contribution is -2.39. The fraction of sp³-hybridized carbons (Fsp3) is 0.500. The van der Waals surface area contributed by atoms with E-state index in [0.29, 0.717) is 35.2 Å². The molecule has 0 spiro atoms. The molecule has 1 fully saturated rings. The van der Waals surface area contributed by atoms with Gasteiger partial charge in [-0.25, -0.2) is 13.1 Å². The van der Waals surface area contributed by atoms with Gasteiger partial charge < -0.3 is 15.4 Å². The summed E-state index contributed by atoms with van der Waals surface area (Å²) in [5, 5.41) is 7.14. The normalized spacial score (nSPS) is 18.8. The van der Waals surface area contributed by atoms with Crippen LogP contribution >= 0.6 is 11.6 Å². The number of benzene rings is 2. The van der Waals surface area contributed by atoms with Gasteiger partial charge in [0, 0.05) is 42.1 Å². The van der Waals surface area contributed by atoms with Crippen LogP contribution in [-0.2, 0) is 21.4 Å². The van der Waals surface area contributed by atoms with Gasteiger partial charge in [0.25, 0.3) is 0 Å². The van der Waals surface area contributed by atoms with Crippen molar-refractivity contribution >= 4 is 27.5 Å². The van der Waals surface area contributed by atoms with Gasteiger partial charge in [0.2, 0.25) is 15.9 Å². The van der Waals surface area contributed by atoms with Gasteiger partial charge in [0.05, 0.1) is 17.5 Å². The second-order valence-corrected chi connectivity index (χ2v) is 11.8. The summed E-state index contributed by atoms with van der Waals surface area (Å²) in [7, 11) is -3.79. The quantitative estimate of drug-likeness (QED) is 0.459. The molecular formula is C26H34ClN3O4S. The molecule has 1 saturated carbocycles. The van der Waals surface area contributed by atoms with Crippen molar-refractivity contribution in [3.05, 3.63) is 57.6 Å². The van der Waals surface area contributed by atoms with Crippen LogP contribution in [0.15, 0.2) is 35.2 Å². The Morgan fingerprint density at radius 2 is 1.91 bits per heavy atom. The third-order valence-corrected chi connectivity index (χ3v) is 8.89. The fourth-order valence-electron chi connectivity index (χ4n) is 4.51. The first-order valence-electron chi connectivity index (χ1n) is 12.2. The number of rotatable bonds is 9. The second kappa shape index (κ2) is 10.9. The predicted molar refractivity (Wildman–Crippen MR) is 137 cm³/mol. The number of nitrogens with one attached hydrogen (secondary N) is 3. The van der Waals surface area contributed by atoms with Crippen LogP contribution in [0.25, 0.3) is 0 Å². The number of sulfonamides is 1. The summed E-state index contributed by atoms with van der Waals surface area (Å²) in [5.41, 5.74) is 3.37. The average molecular weight is 520 g/mol. The second-order valence-electron chi connectivity index (χ2n) is 9.73. The van der Waals surface area contributed by atoms with Crippen LogP contribution in [0.2, 0.25) is 5.02 Å². The molecule has 7 nitrogen and oxygen atoms in total. The van der Waals surface area contributed by atoms with E-state index in [2.05, 4.69) is 21.4 Å². The first-order valence-corrected chi connectivity index (χ1v) is 14.1. The van der Waals surface area contributed by atoms with Crippen molar-refractivity contribution in [1.29, 1.82) is 0 Å². The molecule has 0 aromatic heterocycles. The number of carbonyl (C=O) groups is 1. The van der Waals surface area contributed by atoms with Crippen molar-refractivity contribution in [3.8, 4) is 5.75 Å². The lowest BCUT2D eigenvalue weighted by atomic mass is 9.93. The van der Waals surface area contributed by atoms with Gasteiger partial charge in [0.15, 0.2) is 0 Å². The number of hydrogen-bond donors (Lipinski definition) is 3. The van der Waals surface area contributed by atoms with E-state index in [1.165, 1.54) is 24.8 Å². The maximum absolute atomic E-state index is 12.9. The largest absolute Gasteiger partial charge is 0.493 e. The van der Waals surface area contributed by atoms with Gasteiger partial charge in [0.1, 0.15) is 5.75 Å². The summed E-state index contributed by atoms with van der Waals surface area (Å²) in [6, 6.07) is 9.22. The summed E-state index contributed by atoms with van der Waals surface area (Å²) in [5.74, 6) is 0.592. The zero-order valence-electron chi connectivity index (χ0n) is 20.5.